The third kappa shape index (κ3) is 3.90. The van der Waals surface area contributed by atoms with Gasteiger partial charge in [-0.2, -0.15) is 8.42 Å². The van der Waals surface area contributed by atoms with E-state index < -0.39 is 10.5 Å². The predicted octanol–water partition coefficient (Wildman–Crippen LogP) is 2.64. The first-order chi connectivity index (χ1) is 10.1. The minimum atomic E-state index is -2.62. The van der Waals surface area contributed by atoms with Crippen molar-refractivity contribution in [1.82, 2.24) is 0 Å². The molecule has 2 rings (SSSR count). The lowest BCUT2D eigenvalue weighted by atomic mass is 10.1. The van der Waals surface area contributed by atoms with Gasteiger partial charge in [0.2, 0.25) is 0 Å². The molecular formula is C14H12N2O4S. The zero-order valence-corrected chi connectivity index (χ0v) is 11.9. The number of hydrogen-bond donors (Lipinski definition) is 1. The average Bonchev–Trinajstić information content (AvgIpc) is 2.47. The second kappa shape index (κ2) is 6.67. The molecule has 108 valence electrons. The summed E-state index contributed by atoms with van der Waals surface area (Å²) in [5, 5.41) is 2.70. The van der Waals surface area contributed by atoms with Gasteiger partial charge in [0.25, 0.3) is 5.91 Å². The van der Waals surface area contributed by atoms with Crippen LogP contribution in [-0.4, -0.2) is 21.4 Å². The molecule has 0 aromatic heterocycles. The molecule has 0 radical (unpaired) electrons. The number of nitrogens with one attached hydrogen (secondary N) is 1. The van der Waals surface area contributed by atoms with Crippen molar-refractivity contribution in [1.29, 1.82) is 0 Å². The minimum Gasteiger partial charge on any atom is -0.494 e. The Morgan fingerprint density at radius 2 is 1.86 bits per heavy atom. The van der Waals surface area contributed by atoms with Crippen LogP contribution in [0.4, 0.5) is 11.4 Å². The molecule has 0 fully saturated rings. The predicted molar refractivity (Wildman–Crippen MR) is 78.4 cm³/mol. The highest BCUT2D eigenvalue weighted by Gasteiger charge is 2.10. The number of ether oxygens (including phenoxy) is 1. The topological polar surface area (TPSA) is 84.8 Å². The van der Waals surface area contributed by atoms with E-state index in [2.05, 4.69) is 9.68 Å². The van der Waals surface area contributed by atoms with Gasteiger partial charge in [0, 0.05) is 11.3 Å². The molecule has 0 heterocycles. The van der Waals surface area contributed by atoms with Crippen molar-refractivity contribution in [3.05, 3.63) is 54.1 Å². The largest absolute Gasteiger partial charge is 0.494 e. The van der Waals surface area contributed by atoms with Gasteiger partial charge in [0.15, 0.2) is 0 Å². The van der Waals surface area contributed by atoms with Crippen LogP contribution in [0.1, 0.15) is 10.4 Å². The summed E-state index contributed by atoms with van der Waals surface area (Å²) in [5.74, 6) is -0.0903. The lowest BCUT2D eigenvalue weighted by Gasteiger charge is -2.07. The second-order valence-electron chi connectivity index (χ2n) is 4.02. The molecule has 0 saturated heterocycles. The highest BCUT2D eigenvalue weighted by molar-refractivity contribution is 7.61. The average molecular weight is 304 g/mol. The molecule has 0 atom stereocenters. The van der Waals surface area contributed by atoms with Crippen LogP contribution in [0.25, 0.3) is 0 Å². The highest BCUT2D eigenvalue weighted by atomic mass is 32.2. The van der Waals surface area contributed by atoms with E-state index in [0.29, 0.717) is 5.69 Å². The number of nitrogens with zero attached hydrogens (tertiary/aromatic N) is 1. The monoisotopic (exact) mass is 304 g/mol. The van der Waals surface area contributed by atoms with Crippen LogP contribution < -0.4 is 10.1 Å². The van der Waals surface area contributed by atoms with Gasteiger partial charge in [0.1, 0.15) is 11.4 Å². The Balaban J connectivity index is 2.32. The van der Waals surface area contributed by atoms with Crippen molar-refractivity contribution in [3.63, 3.8) is 0 Å². The van der Waals surface area contributed by atoms with Crippen LogP contribution in [0.5, 0.6) is 5.75 Å². The molecule has 2 aromatic rings. The van der Waals surface area contributed by atoms with Gasteiger partial charge in [0.05, 0.1) is 7.11 Å². The Morgan fingerprint density at radius 1 is 1.14 bits per heavy atom. The van der Waals surface area contributed by atoms with Crippen LogP contribution in [0.15, 0.2) is 52.9 Å². The summed E-state index contributed by atoms with van der Waals surface area (Å²) >= 11 is 0. The lowest BCUT2D eigenvalue weighted by molar-refractivity contribution is 0.102. The van der Waals surface area contributed by atoms with E-state index in [4.69, 9.17) is 4.74 Å². The molecule has 0 unspecified atom stereocenters. The van der Waals surface area contributed by atoms with Crippen LogP contribution in [-0.2, 0) is 10.5 Å². The van der Waals surface area contributed by atoms with Crippen molar-refractivity contribution >= 4 is 27.8 Å². The first-order valence-electron chi connectivity index (χ1n) is 5.95. The summed E-state index contributed by atoms with van der Waals surface area (Å²) in [7, 11) is -1.23. The third-order valence-corrected chi connectivity index (χ3v) is 2.99. The maximum atomic E-state index is 12.1. The maximum absolute atomic E-state index is 12.1. The molecule has 0 bridgehead atoms. The van der Waals surface area contributed by atoms with Crippen LogP contribution in [0.3, 0.4) is 0 Å². The fourth-order valence-electron chi connectivity index (χ4n) is 1.71. The number of hydrogen-bond acceptors (Lipinski definition) is 5. The number of rotatable bonds is 4. The standard InChI is InChI=1S/C14H12N2O4S/c1-20-13-8-7-10(9-12(13)16-21(18)19)14(17)15-11-5-3-2-4-6-11/h2-9H,1H3,(H,15,17). The van der Waals surface area contributed by atoms with Gasteiger partial charge in [-0.15, -0.1) is 4.36 Å². The van der Waals surface area contributed by atoms with Gasteiger partial charge in [-0.05, 0) is 30.3 Å². The van der Waals surface area contributed by atoms with Crippen molar-refractivity contribution in [2.24, 2.45) is 4.36 Å². The number of methoxy groups -OCH3 is 1. The summed E-state index contributed by atoms with van der Waals surface area (Å²) in [5.41, 5.74) is 1.000. The van der Waals surface area contributed by atoms with E-state index in [-0.39, 0.29) is 22.9 Å². The molecule has 0 aliphatic heterocycles. The summed E-state index contributed by atoms with van der Waals surface area (Å²) in [4.78, 5) is 12.1. The molecule has 0 saturated carbocycles. The molecule has 1 N–H and O–H groups in total. The number of amides is 1. The molecule has 7 heteroatoms. The van der Waals surface area contributed by atoms with E-state index >= 15 is 0 Å². The fraction of sp³-hybridized carbons (Fsp3) is 0.0714. The minimum absolute atomic E-state index is 0.0755. The Kier molecular flexibility index (Phi) is 4.68. The van der Waals surface area contributed by atoms with Gasteiger partial charge in [-0.25, -0.2) is 0 Å². The van der Waals surface area contributed by atoms with Crippen LogP contribution in [0, 0.1) is 0 Å². The Labute approximate surface area is 123 Å². The molecule has 21 heavy (non-hydrogen) atoms. The van der Waals surface area contributed by atoms with E-state index in [9.17, 15) is 13.2 Å². The summed E-state index contributed by atoms with van der Waals surface area (Å²) < 4.78 is 29.8. The summed E-state index contributed by atoms with van der Waals surface area (Å²) in [6, 6.07) is 13.3. The zero-order valence-electron chi connectivity index (χ0n) is 11.1. The Morgan fingerprint density at radius 3 is 2.48 bits per heavy atom. The van der Waals surface area contributed by atoms with E-state index in [0.717, 1.165) is 0 Å². The third-order valence-electron chi connectivity index (χ3n) is 2.65. The number of carbonyl (C=O) groups excluding carboxylic acids is 1. The molecule has 0 aliphatic rings. The molecule has 0 aliphatic carbocycles. The van der Waals surface area contributed by atoms with Crippen molar-refractivity contribution in [2.75, 3.05) is 12.4 Å². The number of para-hydroxylation sites is 1. The molecule has 2 aromatic carbocycles. The molecule has 0 spiro atoms. The first kappa shape index (κ1) is 14.7. The smallest absolute Gasteiger partial charge is 0.316 e. The van der Waals surface area contributed by atoms with Gasteiger partial charge >= 0.3 is 10.5 Å². The summed E-state index contributed by atoms with van der Waals surface area (Å²) in [6.07, 6.45) is 0. The Hall–Kier alpha value is -2.67. The molecule has 6 nitrogen and oxygen atoms in total. The fourth-order valence-corrected chi connectivity index (χ4v) is 2.01. The van der Waals surface area contributed by atoms with E-state index in [1.807, 2.05) is 6.07 Å². The molecule has 1 amide bonds. The van der Waals surface area contributed by atoms with Gasteiger partial charge in [-0.3, -0.25) is 4.79 Å². The van der Waals surface area contributed by atoms with E-state index in [1.54, 1.807) is 24.3 Å². The SMILES string of the molecule is COc1ccc(C(=O)Nc2ccccc2)cc1N=S(=O)=O. The summed E-state index contributed by atoms with van der Waals surface area (Å²) in [6.45, 7) is 0. The Bertz CT molecular complexity index is 778. The normalized spacial score (nSPS) is 9.76. The van der Waals surface area contributed by atoms with Crippen LogP contribution >= 0.6 is 0 Å². The van der Waals surface area contributed by atoms with Gasteiger partial charge in [-0.1, -0.05) is 18.2 Å². The van der Waals surface area contributed by atoms with Crippen molar-refractivity contribution < 1.29 is 17.9 Å². The van der Waals surface area contributed by atoms with Crippen molar-refractivity contribution in [2.45, 2.75) is 0 Å². The van der Waals surface area contributed by atoms with Crippen molar-refractivity contribution in [3.8, 4) is 5.75 Å². The maximum Gasteiger partial charge on any atom is 0.316 e. The number of benzene rings is 2. The van der Waals surface area contributed by atoms with Crippen LogP contribution in [0.2, 0.25) is 0 Å². The quantitative estimate of drug-likeness (QED) is 0.941. The highest BCUT2D eigenvalue weighted by Crippen LogP contribution is 2.28. The second-order valence-corrected chi connectivity index (χ2v) is 4.63. The lowest BCUT2D eigenvalue weighted by Crippen LogP contribution is -2.11. The first-order valence-corrected chi connectivity index (χ1v) is 6.99. The number of carbonyl (C=O) groups is 1. The number of anilines is 1. The molecular weight excluding hydrogens is 292 g/mol. The van der Waals surface area contributed by atoms with Gasteiger partial charge < -0.3 is 10.1 Å². The van der Waals surface area contributed by atoms with E-state index in [1.165, 1.54) is 25.3 Å². The zero-order chi connectivity index (χ0) is 15.2.